The number of benzene rings is 2. The Morgan fingerprint density at radius 2 is 1.59 bits per heavy atom. The topological polar surface area (TPSA) is 64.6 Å². The second kappa shape index (κ2) is 10.1. The Bertz CT molecular complexity index is 840. The number of hydrogen-bond acceptors (Lipinski definition) is 4. The van der Waals surface area contributed by atoms with Crippen LogP contribution in [0.1, 0.15) is 63.1 Å². The Morgan fingerprint density at radius 1 is 0.931 bits per heavy atom. The number of amides is 1. The SMILES string of the molecule is Cc1cccc(C(C)C)c1NC(=O)[C@H](C)OC(=O)COc1ccc(C(C)C)cc1. The molecule has 0 saturated carbocycles. The maximum atomic E-state index is 12.5. The van der Waals surface area contributed by atoms with E-state index in [9.17, 15) is 9.59 Å². The van der Waals surface area contributed by atoms with Crippen LogP contribution in [0.5, 0.6) is 5.75 Å². The van der Waals surface area contributed by atoms with Crippen LogP contribution in [0.2, 0.25) is 0 Å². The van der Waals surface area contributed by atoms with E-state index < -0.39 is 12.1 Å². The summed E-state index contributed by atoms with van der Waals surface area (Å²) in [6.07, 6.45) is -0.922. The number of aryl methyl sites for hydroxylation is 1. The van der Waals surface area contributed by atoms with E-state index in [1.165, 1.54) is 5.56 Å². The molecule has 1 atom stereocenters. The van der Waals surface area contributed by atoms with Crippen molar-refractivity contribution in [2.75, 3.05) is 11.9 Å². The fourth-order valence-electron chi connectivity index (χ4n) is 2.94. The van der Waals surface area contributed by atoms with Crippen molar-refractivity contribution in [3.05, 3.63) is 59.2 Å². The molecule has 0 aromatic heterocycles. The van der Waals surface area contributed by atoms with Crippen LogP contribution in [0.3, 0.4) is 0 Å². The second-order valence-electron chi connectivity index (χ2n) is 7.83. The minimum Gasteiger partial charge on any atom is -0.482 e. The van der Waals surface area contributed by atoms with E-state index in [2.05, 4.69) is 33.0 Å². The maximum Gasteiger partial charge on any atom is 0.344 e. The lowest BCUT2D eigenvalue weighted by atomic mass is 9.98. The van der Waals surface area contributed by atoms with Gasteiger partial charge in [-0.15, -0.1) is 0 Å². The molecule has 0 spiro atoms. The summed E-state index contributed by atoms with van der Waals surface area (Å²) in [6.45, 7) is 11.6. The molecule has 0 radical (unpaired) electrons. The Labute approximate surface area is 173 Å². The van der Waals surface area contributed by atoms with Gasteiger partial charge in [-0.3, -0.25) is 4.79 Å². The van der Waals surface area contributed by atoms with Crippen LogP contribution < -0.4 is 10.1 Å². The van der Waals surface area contributed by atoms with Crippen LogP contribution in [0.4, 0.5) is 5.69 Å². The number of carbonyl (C=O) groups excluding carboxylic acids is 2. The minimum atomic E-state index is -0.922. The summed E-state index contributed by atoms with van der Waals surface area (Å²) in [5, 5.41) is 2.90. The number of hydrogen-bond donors (Lipinski definition) is 1. The van der Waals surface area contributed by atoms with Gasteiger partial charge in [0.1, 0.15) is 5.75 Å². The number of nitrogens with one attached hydrogen (secondary N) is 1. The van der Waals surface area contributed by atoms with Crippen molar-refractivity contribution in [3.8, 4) is 5.75 Å². The third-order valence-electron chi connectivity index (χ3n) is 4.76. The summed E-state index contributed by atoms with van der Waals surface area (Å²) in [4.78, 5) is 24.6. The zero-order chi connectivity index (χ0) is 21.6. The Balaban J connectivity index is 1.90. The van der Waals surface area contributed by atoms with Gasteiger partial charge < -0.3 is 14.8 Å². The Morgan fingerprint density at radius 3 is 2.17 bits per heavy atom. The molecule has 0 saturated heterocycles. The molecule has 1 amide bonds. The first-order chi connectivity index (χ1) is 13.7. The van der Waals surface area contributed by atoms with E-state index in [0.717, 1.165) is 16.8 Å². The fraction of sp³-hybridized carbons (Fsp3) is 0.417. The van der Waals surface area contributed by atoms with Crippen LogP contribution in [-0.2, 0) is 14.3 Å². The largest absolute Gasteiger partial charge is 0.482 e. The maximum absolute atomic E-state index is 12.5. The first kappa shape index (κ1) is 22.5. The lowest BCUT2D eigenvalue weighted by molar-refractivity contribution is -0.155. The lowest BCUT2D eigenvalue weighted by Crippen LogP contribution is -2.32. The van der Waals surface area contributed by atoms with Gasteiger partial charge in [-0.25, -0.2) is 4.79 Å². The highest BCUT2D eigenvalue weighted by Crippen LogP contribution is 2.27. The number of ether oxygens (including phenoxy) is 2. The fourth-order valence-corrected chi connectivity index (χ4v) is 2.94. The van der Waals surface area contributed by atoms with Gasteiger partial charge in [-0.05, 0) is 54.5 Å². The minimum absolute atomic E-state index is 0.250. The third-order valence-corrected chi connectivity index (χ3v) is 4.76. The van der Waals surface area contributed by atoms with Gasteiger partial charge in [0, 0.05) is 5.69 Å². The predicted octanol–water partition coefficient (Wildman–Crippen LogP) is 5.19. The van der Waals surface area contributed by atoms with Gasteiger partial charge in [0.25, 0.3) is 5.91 Å². The van der Waals surface area contributed by atoms with Crippen LogP contribution in [0, 0.1) is 6.92 Å². The summed E-state index contributed by atoms with van der Waals surface area (Å²) in [6, 6.07) is 13.5. The molecule has 0 aliphatic carbocycles. The normalized spacial score (nSPS) is 12.0. The summed E-state index contributed by atoms with van der Waals surface area (Å²) < 4.78 is 10.7. The van der Waals surface area contributed by atoms with Gasteiger partial charge in [0.05, 0.1) is 0 Å². The van der Waals surface area contributed by atoms with E-state index in [0.29, 0.717) is 11.7 Å². The van der Waals surface area contributed by atoms with Crippen molar-refractivity contribution >= 4 is 17.6 Å². The van der Waals surface area contributed by atoms with Crippen LogP contribution in [-0.4, -0.2) is 24.6 Å². The van der Waals surface area contributed by atoms with Crippen LogP contribution >= 0.6 is 0 Å². The average molecular weight is 398 g/mol. The molecule has 156 valence electrons. The van der Waals surface area contributed by atoms with E-state index in [1.807, 2.05) is 49.4 Å². The smallest absolute Gasteiger partial charge is 0.344 e. The quantitative estimate of drug-likeness (QED) is 0.623. The molecule has 5 heteroatoms. The van der Waals surface area contributed by atoms with E-state index >= 15 is 0 Å². The van der Waals surface area contributed by atoms with Crippen LogP contribution in [0.15, 0.2) is 42.5 Å². The van der Waals surface area contributed by atoms with Crippen molar-refractivity contribution in [3.63, 3.8) is 0 Å². The number of esters is 1. The highest BCUT2D eigenvalue weighted by atomic mass is 16.6. The first-order valence-electron chi connectivity index (χ1n) is 10.0. The Kier molecular flexibility index (Phi) is 7.82. The molecule has 0 heterocycles. The number of rotatable bonds is 8. The predicted molar refractivity (Wildman–Crippen MR) is 115 cm³/mol. The molecule has 29 heavy (non-hydrogen) atoms. The van der Waals surface area contributed by atoms with Crippen molar-refractivity contribution in [1.82, 2.24) is 0 Å². The molecule has 0 bridgehead atoms. The molecule has 0 unspecified atom stereocenters. The summed E-state index contributed by atoms with van der Waals surface area (Å²) >= 11 is 0. The van der Waals surface area contributed by atoms with E-state index in [4.69, 9.17) is 9.47 Å². The molecule has 2 aromatic carbocycles. The molecule has 2 rings (SSSR count). The molecule has 1 N–H and O–H groups in total. The zero-order valence-electron chi connectivity index (χ0n) is 18.1. The van der Waals surface area contributed by atoms with Crippen molar-refractivity contribution < 1.29 is 19.1 Å². The molecular formula is C24H31NO4. The zero-order valence-corrected chi connectivity index (χ0v) is 18.1. The highest BCUT2D eigenvalue weighted by molar-refractivity contribution is 5.96. The second-order valence-corrected chi connectivity index (χ2v) is 7.83. The van der Waals surface area contributed by atoms with E-state index in [1.54, 1.807) is 6.92 Å². The van der Waals surface area contributed by atoms with Gasteiger partial charge >= 0.3 is 5.97 Å². The summed E-state index contributed by atoms with van der Waals surface area (Å²) in [5.74, 6) is 0.326. The molecular weight excluding hydrogens is 366 g/mol. The lowest BCUT2D eigenvalue weighted by Gasteiger charge is -2.19. The first-order valence-corrected chi connectivity index (χ1v) is 10.0. The van der Waals surface area contributed by atoms with Crippen LogP contribution in [0.25, 0.3) is 0 Å². The monoisotopic (exact) mass is 397 g/mol. The standard InChI is InChI=1S/C24H31NO4/c1-15(2)19-10-12-20(13-11-19)28-14-22(26)29-18(6)24(27)25-23-17(5)8-7-9-21(23)16(3)4/h7-13,15-16,18H,14H2,1-6H3,(H,25,27)/t18-/m0/s1. The molecule has 0 aliphatic heterocycles. The van der Waals surface area contributed by atoms with Crippen molar-refractivity contribution in [2.45, 2.75) is 59.5 Å². The molecule has 0 aliphatic rings. The van der Waals surface area contributed by atoms with Gasteiger partial charge in [-0.2, -0.15) is 0 Å². The van der Waals surface area contributed by atoms with Gasteiger partial charge in [0.15, 0.2) is 12.7 Å². The Hall–Kier alpha value is -2.82. The molecule has 5 nitrogen and oxygen atoms in total. The van der Waals surface area contributed by atoms with E-state index in [-0.39, 0.29) is 18.4 Å². The van der Waals surface area contributed by atoms with Gasteiger partial charge in [-0.1, -0.05) is 58.0 Å². The highest BCUT2D eigenvalue weighted by Gasteiger charge is 2.20. The molecule has 2 aromatic rings. The van der Waals surface area contributed by atoms with Gasteiger partial charge in [0.2, 0.25) is 0 Å². The average Bonchev–Trinajstić information content (AvgIpc) is 2.67. The number of anilines is 1. The van der Waals surface area contributed by atoms with Crippen molar-refractivity contribution in [2.24, 2.45) is 0 Å². The summed E-state index contributed by atoms with van der Waals surface area (Å²) in [7, 11) is 0. The summed E-state index contributed by atoms with van der Waals surface area (Å²) in [5.41, 5.74) is 3.99. The number of carbonyl (C=O) groups is 2. The third kappa shape index (κ3) is 6.34. The number of para-hydroxylation sites is 1. The van der Waals surface area contributed by atoms with Crippen molar-refractivity contribution in [1.29, 1.82) is 0 Å². The molecule has 0 fully saturated rings.